The molecule has 0 aliphatic carbocycles. The summed E-state index contributed by atoms with van der Waals surface area (Å²) in [7, 11) is 0. The largest absolute Gasteiger partial charge is 0.492 e. The Bertz CT molecular complexity index is 980. The first-order chi connectivity index (χ1) is 14.7. The highest BCUT2D eigenvalue weighted by Crippen LogP contribution is 2.18. The molecule has 0 saturated carbocycles. The van der Waals surface area contributed by atoms with Crippen molar-refractivity contribution in [2.45, 2.75) is 25.3 Å². The second kappa shape index (κ2) is 9.92. The maximum absolute atomic E-state index is 12.6. The van der Waals surface area contributed by atoms with Gasteiger partial charge < -0.3 is 10.1 Å². The molecule has 3 aromatic rings. The molecule has 0 atom stereocenters. The lowest BCUT2D eigenvalue weighted by atomic mass is 10.0. The summed E-state index contributed by atoms with van der Waals surface area (Å²) in [5, 5.41) is 4.98. The van der Waals surface area contributed by atoms with Crippen LogP contribution in [-0.2, 0) is 11.2 Å². The van der Waals surface area contributed by atoms with Gasteiger partial charge in [0.15, 0.2) is 0 Å². The first kappa shape index (κ1) is 20.6. The third kappa shape index (κ3) is 5.49. The number of ether oxygens (including phenoxy) is 1. The lowest BCUT2D eigenvalue weighted by Gasteiger charge is -2.32. The second-order valence-electron chi connectivity index (χ2n) is 7.65. The van der Waals surface area contributed by atoms with Gasteiger partial charge in [-0.15, -0.1) is 0 Å². The molecule has 0 bridgehead atoms. The van der Waals surface area contributed by atoms with Crippen LogP contribution in [0.25, 0.3) is 10.9 Å². The first-order valence-electron chi connectivity index (χ1n) is 10.4. The maximum atomic E-state index is 12.6. The average Bonchev–Trinajstić information content (AvgIpc) is 2.77. The molecule has 5 nitrogen and oxygen atoms in total. The van der Waals surface area contributed by atoms with Gasteiger partial charge in [-0.3, -0.25) is 14.7 Å². The maximum Gasteiger partial charge on any atom is 0.224 e. The minimum absolute atomic E-state index is 0.0673. The molecule has 1 aromatic heterocycles. The third-order valence-corrected chi connectivity index (χ3v) is 5.76. The predicted octanol–water partition coefficient (Wildman–Crippen LogP) is 4.09. The number of nitrogens with zero attached hydrogens (tertiary/aromatic N) is 2. The Morgan fingerprint density at radius 3 is 2.67 bits per heavy atom. The van der Waals surface area contributed by atoms with Crippen molar-refractivity contribution < 1.29 is 9.53 Å². The smallest absolute Gasteiger partial charge is 0.224 e. The van der Waals surface area contributed by atoms with E-state index in [1.807, 2.05) is 54.6 Å². The Morgan fingerprint density at radius 2 is 1.87 bits per heavy atom. The minimum Gasteiger partial charge on any atom is -0.492 e. The van der Waals surface area contributed by atoms with Gasteiger partial charge >= 0.3 is 0 Å². The Kier molecular flexibility index (Phi) is 6.82. The van der Waals surface area contributed by atoms with Gasteiger partial charge in [0.1, 0.15) is 12.4 Å². The van der Waals surface area contributed by atoms with Crippen LogP contribution in [0.2, 0.25) is 5.02 Å². The molecule has 1 amide bonds. The normalized spacial score (nSPS) is 15.2. The molecule has 0 unspecified atom stereocenters. The molecular weight excluding hydrogens is 398 g/mol. The van der Waals surface area contributed by atoms with Crippen molar-refractivity contribution in [1.29, 1.82) is 0 Å². The van der Waals surface area contributed by atoms with Gasteiger partial charge in [0.25, 0.3) is 0 Å². The van der Waals surface area contributed by atoms with E-state index in [1.54, 1.807) is 6.20 Å². The van der Waals surface area contributed by atoms with Gasteiger partial charge in [-0.2, -0.15) is 0 Å². The summed E-state index contributed by atoms with van der Waals surface area (Å²) in [6, 6.07) is 17.6. The van der Waals surface area contributed by atoms with Gasteiger partial charge in [-0.25, -0.2) is 0 Å². The van der Waals surface area contributed by atoms with E-state index in [9.17, 15) is 4.79 Å². The standard InChI is InChI=1S/C24H26ClN3O2/c25-20-6-8-22(9-7-20)30-16-15-28-13-10-21(11-14-28)27-23(29)17-19-4-1-3-18-5-2-12-26-24(18)19/h1-9,12,21H,10-11,13-17H2,(H,27,29). The number of likely N-dealkylation sites (tertiary alicyclic amines) is 1. The summed E-state index contributed by atoms with van der Waals surface area (Å²) in [5.74, 6) is 0.905. The number of piperidine rings is 1. The van der Waals surface area contributed by atoms with Crippen molar-refractivity contribution in [2.24, 2.45) is 0 Å². The molecule has 2 aromatic carbocycles. The van der Waals surface area contributed by atoms with E-state index in [0.717, 1.165) is 54.7 Å². The van der Waals surface area contributed by atoms with Crippen LogP contribution in [0.3, 0.4) is 0 Å². The molecule has 1 N–H and O–H groups in total. The molecule has 6 heteroatoms. The topological polar surface area (TPSA) is 54.5 Å². The van der Waals surface area contributed by atoms with E-state index in [-0.39, 0.29) is 11.9 Å². The number of carbonyl (C=O) groups excluding carboxylic acids is 1. The van der Waals surface area contributed by atoms with Crippen LogP contribution in [0.5, 0.6) is 5.75 Å². The number of benzene rings is 2. The molecule has 0 radical (unpaired) electrons. The second-order valence-corrected chi connectivity index (χ2v) is 8.09. The molecule has 156 valence electrons. The summed E-state index contributed by atoms with van der Waals surface area (Å²) in [6.07, 6.45) is 4.06. The number of nitrogens with one attached hydrogen (secondary N) is 1. The fourth-order valence-electron chi connectivity index (χ4n) is 3.89. The van der Waals surface area contributed by atoms with Crippen LogP contribution in [0, 0.1) is 0 Å². The monoisotopic (exact) mass is 423 g/mol. The van der Waals surface area contributed by atoms with Gasteiger partial charge in [-0.05, 0) is 48.7 Å². The van der Waals surface area contributed by atoms with Gasteiger partial charge in [0, 0.05) is 42.3 Å². The van der Waals surface area contributed by atoms with E-state index in [4.69, 9.17) is 16.3 Å². The number of fused-ring (bicyclic) bond motifs is 1. The molecule has 4 rings (SSSR count). The van der Waals surface area contributed by atoms with Crippen molar-refractivity contribution in [3.8, 4) is 5.75 Å². The molecule has 0 spiro atoms. The van der Waals surface area contributed by atoms with E-state index in [0.29, 0.717) is 18.1 Å². The number of halogens is 1. The predicted molar refractivity (Wildman–Crippen MR) is 120 cm³/mol. The lowest BCUT2D eigenvalue weighted by Crippen LogP contribution is -2.45. The summed E-state index contributed by atoms with van der Waals surface area (Å²) in [5.41, 5.74) is 1.88. The highest BCUT2D eigenvalue weighted by Gasteiger charge is 2.21. The van der Waals surface area contributed by atoms with Crippen LogP contribution < -0.4 is 10.1 Å². The molecule has 1 saturated heterocycles. The number of carbonyl (C=O) groups is 1. The summed E-state index contributed by atoms with van der Waals surface area (Å²) in [4.78, 5) is 19.4. The SMILES string of the molecule is O=C(Cc1cccc2cccnc12)NC1CCN(CCOc2ccc(Cl)cc2)CC1. The number of pyridine rings is 1. The number of aromatic nitrogens is 1. The number of hydrogen-bond donors (Lipinski definition) is 1. The zero-order valence-corrected chi connectivity index (χ0v) is 17.6. The van der Waals surface area contributed by atoms with Crippen LogP contribution in [0.4, 0.5) is 0 Å². The molecular formula is C24H26ClN3O2. The minimum atomic E-state index is 0.0673. The Hall–Kier alpha value is -2.63. The molecule has 1 fully saturated rings. The summed E-state index contributed by atoms with van der Waals surface area (Å²) >= 11 is 5.89. The van der Waals surface area contributed by atoms with E-state index >= 15 is 0 Å². The number of hydrogen-bond acceptors (Lipinski definition) is 4. The van der Waals surface area contributed by atoms with Crippen molar-refractivity contribution in [3.05, 3.63) is 71.4 Å². The Labute approximate surface area is 182 Å². The van der Waals surface area contributed by atoms with Crippen molar-refractivity contribution >= 4 is 28.4 Å². The number of para-hydroxylation sites is 1. The zero-order valence-electron chi connectivity index (χ0n) is 16.9. The fraction of sp³-hybridized carbons (Fsp3) is 0.333. The highest BCUT2D eigenvalue weighted by molar-refractivity contribution is 6.30. The average molecular weight is 424 g/mol. The van der Waals surface area contributed by atoms with Gasteiger partial charge in [0.2, 0.25) is 5.91 Å². The first-order valence-corrected chi connectivity index (χ1v) is 10.8. The summed E-state index contributed by atoms with van der Waals surface area (Å²) < 4.78 is 5.78. The number of rotatable bonds is 7. The van der Waals surface area contributed by atoms with E-state index in [1.165, 1.54) is 0 Å². The fourth-order valence-corrected chi connectivity index (χ4v) is 4.01. The van der Waals surface area contributed by atoms with Crippen molar-refractivity contribution in [1.82, 2.24) is 15.2 Å². The zero-order chi connectivity index (χ0) is 20.8. The van der Waals surface area contributed by atoms with Crippen LogP contribution in [0.1, 0.15) is 18.4 Å². The van der Waals surface area contributed by atoms with Crippen LogP contribution >= 0.6 is 11.6 Å². The summed E-state index contributed by atoms with van der Waals surface area (Å²) in [6.45, 7) is 3.45. The molecule has 30 heavy (non-hydrogen) atoms. The molecule has 1 aliphatic heterocycles. The van der Waals surface area contributed by atoms with Gasteiger partial charge in [-0.1, -0.05) is 35.9 Å². The Balaban J connectivity index is 1.20. The highest BCUT2D eigenvalue weighted by atomic mass is 35.5. The van der Waals surface area contributed by atoms with Crippen molar-refractivity contribution in [2.75, 3.05) is 26.2 Å². The Morgan fingerprint density at radius 1 is 1.10 bits per heavy atom. The van der Waals surface area contributed by atoms with E-state index in [2.05, 4.69) is 15.2 Å². The molecule has 1 aliphatic rings. The van der Waals surface area contributed by atoms with Crippen LogP contribution in [-0.4, -0.2) is 48.1 Å². The lowest BCUT2D eigenvalue weighted by molar-refractivity contribution is -0.121. The third-order valence-electron chi connectivity index (χ3n) is 5.51. The van der Waals surface area contributed by atoms with Crippen molar-refractivity contribution in [3.63, 3.8) is 0 Å². The molecule has 2 heterocycles. The van der Waals surface area contributed by atoms with Crippen LogP contribution in [0.15, 0.2) is 60.8 Å². The quantitative estimate of drug-likeness (QED) is 0.621. The van der Waals surface area contributed by atoms with Gasteiger partial charge in [0.05, 0.1) is 11.9 Å². The number of amides is 1. The van der Waals surface area contributed by atoms with E-state index < -0.39 is 0 Å².